The third kappa shape index (κ3) is 6.51. The maximum absolute atomic E-state index is 14.4. The lowest BCUT2D eigenvalue weighted by molar-refractivity contribution is -0.165. The summed E-state index contributed by atoms with van der Waals surface area (Å²) in [7, 11) is 1.69. The SMILES string of the molecule is C=CCCC(=O)N(C)[C@@H](C)[C@@H](OC(=O)[C@@H]1[C@@H]2CC[C@]3(O2)[C@H](C(=O)N(CC=C)CCCC)N([C@@H](CC)CO)C(=O)[C@@H]13)c1ccccc1. The molecular formula is C36H51N3O7. The standard InChI is InChI=1S/C36H51N3O7/c1-7-11-18-28(41)37(6)24(5)31(25-16-14-13-15-17-25)45-35(44)29-27-19-20-36(46-27)30(29)33(42)39(26(10-4)23-40)32(36)34(43)38(21-9-3)22-12-8-2/h7,9,13-17,24,26-27,29-32,40H,1,3,8,10-12,18-23H2,2,4-6H3/t24-,26-,27-,29+,30+,31+,32-,36+/m0/s1. The largest absolute Gasteiger partial charge is 0.455 e. The summed E-state index contributed by atoms with van der Waals surface area (Å²) < 4.78 is 12.9. The molecule has 2 bridgehead atoms. The van der Waals surface area contributed by atoms with Crippen LogP contribution in [0.5, 0.6) is 0 Å². The summed E-state index contributed by atoms with van der Waals surface area (Å²) >= 11 is 0. The van der Waals surface area contributed by atoms with Gasteiger partial charge in [-0.15, -0.1) is 13.2 Å². The predicted molar refractivity (Wildman–Crippen MR) is 174 cm³/mol. The topological polar surface area (TPSA) is 117 Å². The number of ether oxygens (including phenoxy) is 2. The van der Waals surface area contributed by atoms with E-state index >= 15 is 0 Å². The van der Waals surface area contributed by atoms with Crippen molar-refractivity contribution < 1.29 is 33.8 Å². The van der Waals surface area contributed by atoms with E-state index in [-0.39, 0.29) is 30.7 Å². The Kier molecular flexibility index (Phi) is 11.8. The molecule has 1 N–H and O–H groups in total. The summed E-state index contributed by atoms with van der Waals surface area (Å²) in [5, 5.41) is 10.3. The highest BCUT2D eigenvalue weighted by molar-refractivity contribution is 5.98. The number of hydrogen-bond acceptors (Lipinski definition) is 7. The lowest BCUT2D eigenvalue weighted by atomic mass is 9.70. The minimum atomic E-state index is -1.21. The van der Waals surface area contributed by atoms with Gasteiger partial charge in [0.1, 0.15) is 17.7 Å². The molecule has 0 radical (unpaired) electrons. The lowest BCUT2D eigenvalue weighted by Crippen LogP contribution is -2.58. The Labute approximate surface area is 273 Å². The smallest absolute Gasteiger partial charge is 0.313 e. The Bertz CT molecular complexity index is 1270. The lowest BCUT2D eigenvalue weighted by Gasteiger charge is -2.39. The van der Waals surface area contributed by atoms with Gasteiger partial charge in [-0.05, 0) is 44.6 Å². The Morgan fingerprint density at radius 3 is 2.52 bits per heavy atom. The minimum Gasteiger partial charge on any atom is -0.455 e. The number of unbranched alkanes of at least 4 members (excludes halogenated alkanes) is 1. The van der Waals surface area contributed by atoms with Crippen LogP contribution in [-0.2, 0) is 28.7 Å². The van der Waals surface area contributed by atoms with Crippen molar-refractivity contribution >= 4 is 23.7 Å². The Morgan fingerprint density at radius 1 is 1.20 bits per heavy atom. The van der Waals surface area contributed by atoms with Crippen LogP contribution in [0.1, 0.15) is 77.4 Å². The number of likely N-dealkylation sites (N-methyl/N-ethyl adjacent to an activating group) is 1. The zero-order chi connectivity index (χ0) is 33.6. The number of esters is 1. The molecule has 1 aromatic rings. The molecule has 4 rings (SSSR count). The quantitative estimate of drug-likeness (QED) is 0.202. The van der Waals surface area contributed by atoms with Crippen LogP contribution in [0.3, 0.4) is 0 Å². The first-order chi connectivity index (χ1) is 22.1. The number of benzene rings is 1. The van der Waals surface area contributed by atoms with E-state index in [1.54, 1.807) is 29.0 Å². The molecule has 1 spiro atoms. The number of allylic oxidation sites excluding steroid dienone is 1. The second kappa shape index (κ2) is 15.4. The highest BCUT2D eigenvalue weighted by Crippen LogP contribution is 2.59. The van der Waals surface area contributed by atoms with Crippen molar-refractivity contribution in [2.45, 2.75) is 102 Å². The van der Waals surface area contributed by atoms with Crippen LogP contribution in [0.15, 0.2) is 55.6 Å². The highest BCUT2D eigenvalue weighted by atomic mass is 16.6. The molecule has 46 heavy (non-hydrogen) atoms. The third-order valence-electron chi connectivity index (χ3n) is 10.1. The van der Waals surface area contributed by atoms with E-state index in [0.717, 1.165) is 18.4 Å². The number of amides is 3. The number of fused-ring (bicyclic) bond motifs is 1. The second-order valence-electron chi connectivity index (χ2n) is 12.8. The molecule has 252 valence electrons. The van der Waals surface area contributed by atoms with Gasteiger partial charge >= 0.3 is 5.97 Å². The molecule has 0 aromatic heterocycles. The van der Waals surface area contributed by atoms with Crippen molar-refractivity contribution in [2.75, 3.05) is 26.7 Å². The minimum absolute atomic E-state index is 0.101. The number of likely N-dealkylation sites (tertiary alicyclic amines) is 1. The van der Waals surface area contributed by atoms with E-state index in [2.05, 4.69) is 13.2 Å². The van der Waals surface area contributed by atoms with Gasteiger partial charge in [-0.2, -0.15) is 0 Å². The number of aliphatic hydroxyl groups excluding tert-OH is 1. The van der Waals surface area contributed by atoms with Crippen LogP contribution in [-0.4, -0.2) is 100 Å². The zero-order valence-corrected chi connectivity index (χ0v) is 27.8. The summed E-state index contributed by atoms with van der Waals surface area (Å²) in [5.41, 5.74) is -0.484. The summed E-state index contributed by atoms with van der Waals surface area (Å²) in [6, 6.07) is 7.17. The van der Waals surface area contributed by atoms with Gasteiger partial charge in [-0.3, -0.25) is 19.2 Å². The molecule has 3 aliphatic heterocycles. The first kappa shape index (κ1) is 35.4. The molecular weight excluding hydrogens is 586 g/mol. The van der Waals surface area contributed by atoms with Crippen LogP contribution < -0.4 is 0 Å². The van der Waals surface area contributed by atoms with Crippen molar-refractivity contribution in [3.05, 3.63) is 61.2 Å². The van der Waals surface area contributed by atoms with Crippen LogP contribution >= 0.6 is 0 Å². The van der Waals surface area contributed by atoms with E-state index in [1.165, 1.54) is 4.90 Å². The van der Waals surface area contributed by atoms with Gasteiger partial charge in [0.25, 0.3) is 0 Å². The Hall–Kier alpha value is -3.50. The fourth-order valence-corrected chi connectivity index (χ4v) is 7.54. The number of aliphatic hydroxyl groups is 1. The van der Waals surface area contributed by atoms with E-state index in [0.29, 0.717) is 38.8 Å². The third-order valence-corrected chi connectivity index (χ3v) is 10.1. The predicted octanol–water partition coefficient (Wildman–Crippen LogP) is 4.04. The first-order valence-corrected chi connectivity index (χ1v) is 16.7. The summed E-state index contributed by atoms with van der Waals surface area (Å²) in [5.74, 6) is -3.15. The average molecular weight is 638 g/mol. The van der Waals surface area contributed by atoms with Gasteiger partial charge in [0.15, 0.2) is 0 Å². The van der Waals surface area contributed by atoms with E-state index in [9.17, 15) is 24.3 Å². The molecule has 0 aliphatic carbocycles. The van der Waals surface area contributed by atoms with E-state index in [1.807, 2.05) is 51.1 Å². The summed E-state index contributed by atoms with van der Waals surface area (Å²) in [4.78, 5) is 60.8. The van der Waals surface area contributed by atoms with Gasteiger partial charge in [0, 0.05) is 26.6 Å². The van der Waals surface area contributed by atoms with Crippen LogP contribution in [0.25, 0.3) is 0 Å². The van der Waals surface area contributed by atoms with Gasteiger partial charge in [-0.25, -0.2) is 0 Å². The second-order valence-corrected chi connectivity index (χ2v) is 12.8. The van der Waals surface area contributed by atoms with Crippen LogP contribution in [0.4, 0.5) is 0 Å². The Balaban J connectivity index is 1.69. The van der Waals surface area contributed by atoms with Gasteiger partial charge < -0.3 is 29.3 Å². The van der Waals surface area contributed by atoms with Gasteiger partial charge in [0.05, 0.1) is 36.6 Å². The molecule has 10 nitrogen and oxygen atoms in total. The van der Waals surface area contributed by atoms with Crippen molar-refractivity contribution in [1.82, 2.24) is 14.7 Å². The number of nitrogens with zero attached hydrogens (tertiary/aromatic N) is 3. The molecule has 3 fully saturated rings. The van der Waals surface area contributed by atoms with Crippen LogP contribution in [0.2, 0.25) is 0 Å². The maximum Gasteiger partial charge on any atom is 0.313 e. The van der Waals surface area contributed by atoms with Crippen molar-refractivity contribution in [1.29, 1.82) is 0 Å². The van der Waals surface area contributed by atoms with Crippen molar-refractivity contribution in [3.8, 4) is 0 Å². The molecule has 8 atom stereocenters. The molecule has 3 amide bonds. The maximum atomic E-state index is 14.4. The zero-order valence-electron chi connectivity index (χ0n) is 27.8. The highest BCUT2D eigenvalue weighted by Gasteiger charge is 2.75. The molecule has 1 aromatic carbocycles. The van der Waals surface area contributed by atoms with Crippen molar-refractivity contribution in [3.63, 3.8) is 0 Å². The number of carbonyl (C=O) groups is 4. The van der Waals surface area contributed by atoms with E-state index < -0.39 is 53.7 Å². The molecule has 3 saturated heterocycles. The molecule has 3 heterocycles. The number of carbonyl (C=O) groups excluding carboxylic acids is 4. The van der Waals surface area contributed by atoms with Crippen LogP contribution in [0, 0.1) is 11.8 Å². The molecule has 0 saturated carbocycles. The Morgan fingerprint density at radius 2 is 1.91 bits per heavy atom. The number of rotatable bonds is 17. The summed E-state index contributed by atoms with van der Waals surface area (Å²) in [6.07, 6.45) is 5.84. The van der Waals surface area contributed by atoms with Crippen molar-refractivity contribution in [2.24, 2.45) is 11.8 Å². The van der Waals surface area contributed by atoms with Gasteiger partial charge in [0.2, 0.25) is 17.7 Å². The fourth-order valence-electron chi connectivity index (χ4n) is 7.54. The molecule has 10 heteroatoms. The molecule has 3 aliphatic rings. The fraction of sp³-hybridized carbons (Fsp3) is 0.611. The normalized spacial score (nSPS) is 26.6. The monoisotopic (exact) mass is 637 g/mol. The molecule has 0 unspecified atom stereocenters. The summed E-state index contributed by atoms with van der Waals surface area (Å²) in [6.45, 7) is 13.8. The first-order valence-electron chi connectivity index (χ1n) is 16.7. The van der Waals surface area contributed by atoms with E-state index in [4.69, 9.17) is 9.47 Å². The number of hydrogen-bond donors (Lipinski definition) is 1. The average Bonchev–Trinajstić information content (AvgIpc) is 3.72. The van der Waals surface area contributed by atoms with Gasteiger partial charge in [-0.1, -0.05) is 62.8 Å².